The van der Waals surface area contributed by atoms with Gasteiger partial charge in [-0.1, -0.05) is 94.0 Å². The maximum atomic E-state index is 15.2. The Morgan fingerprint density at radius 3 is 1.95 bits per heavy atom. The molecule has 0 N–H and O–H groups in total. The van der Waals surface area contributed by atoms with Crippen molar-refractivity contribution in [1.29, 1.82) is 0 Å². The molecule has 41 heavy (non-hydrogen) atoms. The zero-order valence-electron chi connectivity index (χ0n) is 24.0. The average molecular weight is 569 g/mol. The minimum Gasteiger partial charge on any atom is -0.490 e. The van der Waals surface area contributed by atoms with Crippen molar-refractivity contribution >= 4 is 0 Å². The van der Waals surface area contributed by atoms with E-state index in [4.69, 9.17) is 9.47 Å². The molecule has 1 heterocycles. The van der Waals surface area contributed by atoms with E-state index in [1.165, 1.54) is 37.8 Å². The lowest BCUT2D eigenvalue weighted by atomic mass is 9.89. The first-order valence-corrected chi connectivity index (χ1v) is 14.9. The highest BCUT2D eigenvalue weighted by Gasteiger charge is 2.26. The molecular formula is C35H40F4O2. The SMILES string of the molecule is CC=CC1CCC(c2ccc(-c3ccc(-c4ccc(OCCCCCCCCC)c(F)c4F)cc3)c(F)c2F)CO1. The van der Waals surface area contributed by atoms with Gasteiger partial charge in [-0.2, -0.15) is 4.39 Å². The lowest BCUT2D eigenvalue weighted by molar-refractivity contribution is 0.0317. The Labute approximate surface area is 241 Å². The molecule has 1 fully saturated rings. The molecule has 1 saturated heterocycles. The van der Waals surface area contributed by atoms with Gasteiger partial charge in [-0.3, -0.25) is 0 Å². The van der Waals surface area contributed by atoms with Gasteiger partial charge in [-0.25, -0.2) is 13.2 Å². The van der Waals surface area contributed by atoms with Crippen LogP contribution >= 0.6 is 0 Å². The third-order valence-electron chi connectivity index (χ3n) is 7.83. The van der Waals surface area contributed by atoms with E-state index in [9.17, 15) is 8.78 Å². The molecule has 3 aromatic carbocycles. The van der Waals surface area contributed by atoms with Crippen LogP contribution in [0.3, 0.4) is 0 Å². The predicted octanol–water partition coefficient (Wildman–Crippen LogP) is 10.5. The molecule has 2 unspecified atom stereocenters. The van der Waals surface area contributed by atoms with Crippen LogP contribution in [0.5, 0.6) is 5.75 Å². The molecule has 2 atom stereocenters. The van der Waals surface area contributed by atoms with E-state index in [0.29, 0.717) is 36.3 Å². The summed E-state index contributed by atoms with van der Waals surface area (Å²) in [5, 5.41) is 0. The highest BCUT2D eigenvalue weighted by atomic mass is 19.2. The first kappa shape index (κ1) is 30.8. The number of rotatable bonds is 13. The molecule has 0 aromatic heterocycles. The molecule has 220 valence electrons. The molecule has 1 aliphatic rings. The monoisotopic (exact) mass is 568 g/mol. The van der Waals surface area contributed by atoms with Gasteiger partial charge in [0.15, 0.2) is 23.2 Å². The molecule has 0 amide bonds. The van der Waals surface area contributed by atoms with Crippen LogP contribution in [0.2, 0.25) is 0 Å². The van der Waals surface area contributed by atoms with Crippen LogP contribution < -0.4 is 4.74 Å². The Morgan fingerprint density at radius 2 is 1.34 bits per heavy atom. The van der Waals surface area contributed by atoms with Gasteiger partial charge in [0.2, 0.25) is 5.82 Å². The third-order valence-corrected chi connectivity index (χ3v) is 7.83. The maximum absolute atomic E-state index is 15.2. The normalized spacial score (nSPS) is 17.3. The number of unbranched alkanes of at least 4 members (excludes halogenated alkanes) is 6. The Bertz CT molecular complexity index is 1290. The van der Waals surface area contributed by atoms with Crippen molar-refractivity contribution in [3.8, 4) is 28.0 Å². The van der Waals surface area contributed by atoms with Gasteiger partial charge in [-0.15, -0.1) is 0 Å². The molecule has 0 aliphatic carbocycles. The zero-order chi connectivity index (χ0) is 29.2. The Hall–Kier alpha value is -3.12. The molecule has 6 heteroatoms. The summed E-state index contributed by atoms with van der Waals surface area (Å²) in [6.07, 6.45) is 13.1. The fraction of sp³-hybridized carbons (Fsp3) is 0.429. The number of halogens is 4. The summed E-state index contributed by atoms with van der Waals surface area (Å²) in [6, 6.07) is 12.4. The number of ether oxygens (including phenoxy) is 2. The van der Waals surface area contributed by atoms with E-state index >= 15 is 8.78 Å². The van der Waals surface area contributed by atoms with Gasteiger partial charge in [0, 0.05) is 17.0 Å². The molecule has 4 rings (SSSR count). The predicted molar refractivity (Wildman–Crippen MR) is 157 cm³/mol. The molecule has 0 saturated carbocycles. The van der Waals surface area contributed by atoms with Crippen molar-refractivity contribution in [3.05, 3.63) is 89.5 Å². The average Bonchev–Trinajstić information content (AvgIpc) is 2.99. The Balaban J connectivity index is 1.39. The molecule has 0 bridgehead atoms. The van der Waals surface area contributed by atoms with Crippen LogP contribution in [0.4, 0.5) is 17.6 Å². The summed E-state index contributed by atoms with van der Waals surface area (Å²) >= 11 is 0. The van der Waals surface area contributed by atoms with Crippen LogP contribution in [0.15, 0.2) is 60.7 Å². The summed E-state index contributed by atoms with van der Waals surface area (Å²) in [4.78, 5) is 0. The van der Waals surface area contributed by atoms with Gasteiger partial charge >= 0.3 is 0 Å². The van der Waals surface area contributed by atoms with E-state index < -0.39 is 23.3 Å². The topological polar surface area (TPSA) is 18.5 Å². The standard InChI is InChI=1S/C35H40F4O2/c1-3-5-6-7-8-9-10-22-40-31-21-20-29(34(38)35(31)39)25-14-12-24(13-15-25)28-18-19-30(33(37)32(28)36)26-16-17-27(11-4-2)41-23-26/h4,11-15,18-21,26-27H,3,5-10,16-17,22-23H2,1-2H3. The van der Waals surface area contributed by atoms with Crippen molar-refractivity contribution in [2.75, 3.05) is 13.2 Å². The maximum Gasteiger partial charge on any atom is 0.201 e. The zero-order valence-corrected chi connectivity index (χ0v) is 24.0. The lowest BCUT2D eigenvalue weighted by Crippen LogP contribution is -2.24. The van der Waals surface area contributed by atoms with Crippen LogP contribution in [-0.2, 0) is 4.74 Å². The second-order valence-corrected chi connectivity index (χ2v) is 10.8. The van der Waals surface area contributed by atoms with Crippen LogP contribution in [-0.4, -0.2) is 19.3 Å². The van der Waals surface area contributed by atoms with Crippen LogP contribution in [0.1, 0.15) is 83.1 Å². The summed E-state index contributed by atoms with van der Waals surface area (Å²) in [6.45, 7) is 4.78. The van der Waals surface area contributed by atoms with Crippen LogP contribution in [0.25, 0.3) is 22.3 Å². The van der Waals surface area contributed by atoms with E-state index in [1.807, 2.05) is 19.1 Å². The molecule has 3 aromatic rings. The summed E-state index contributed by atoms with van der Waals surface area (Å²) in [5.41, 5.74) is 1.38. The van der Waals surface area contributed by atoms with Gasteiger partial charge in [0.1, 0.15) is 0 Å². The summed E-state index contributed by atoms with van der Waals surface area (Å²) < 4.78 is 71.2. The molecule has 0 radical (unpaired) electrons. The molecular weight excluding hydrogens is 528 g/mol. The Morgan fingerprint density at radius 1 is 0.732 bits per heavy atom. The van der Waals surface area contributed by atoms with Crippen molar-refractivity contribution < 1.29 is 27.0 Å². The number of hydrogen-bond donors (Lipinski definition) is 0. The van der Waals surface area contributed by atoms with E-state index in [0.717, 1.165) is 25.7 Å². The van der Waals surface area contributed by atoms with Gasteiger partial charge in [0.05, 0.1) is 19.3 Å². The fourth-order valence-electron chi connectivity index (χ4n) is 5.42. The van der Waals surface area contributed by atoms with Crippen molar-refractivity contribution in [2.24, 2.45) is 0 Å². The largest absolute Gasteiger partial charge is 0.490 e. The number of allylic oxidation sites excluding steroid dienone is 1. The first-order valence-electron chi connectivity index (χ1n) is 14.9. The van der Waals surface area contributed by atoms with Crippen molar-refractivity contribution in [3.63, 3.8) is 0 Å². The fourth-order valence-corrected chi connectivity index (χ4v) is 5.42. The lowest BCUT2D eigenvalue weighted by Gasteiger charge is -2.28. The number of benzene rings is 3. The third kappa shape index (κ3) is 7.79. The second-order valence-electron chi connectivity index (χ2n) is 10.8. The van der Waals surface area contributed by atoms with Gasteiger partial charge in [-0.05, 0) is 55.0 Å². The molecule has 0 spiro atoms. The summed E-state index contributed by atoms with van der Waals surface area (Å²) in [5.74, 6) is -4.13. The van der Waals surface area contributed by atoms with Crippen LogP contribution in [0, 0.1) is 23.3 Å². The minimum atomic E-state index is -1.03. The molecule has 2 nitrogen and oxygen atoms in total. The Kier molecular flexibility index (Phi) is 11.4. The molecule has 1 aliphatic heterocycles. The number of hydrogen-bond acceptors (Lipinski definition) is 2. The van der Waals surface area contributed by atoms with Crippen molar-refractivity contribution in [2.45, 2.75) is 83.7 Å². The highest BCUT2D eigenvalue weighted by Crippen LogP contribution is 2.36. The first-order chi connectivity index (χ1) is 19.9. The van der Waals surface area contributed by atoms with Gasteiger partial charge < -0.3 is 9.47 Å². The minimum absolute atomic E-state index is 0.0129. The summed E-state index contributed by atoms with van der Waals surface area (Å²) in [7, 11) is 0. The van der Waals surface area contributed by atoms with Gasteiger partial charge in [0.25, 0.3) is 0 Å². The smallest absolute Gasteiger partial charge is 0.201 e. The van der Waals surface area contributed by atoms with Crippen molar-refractivity contribution in [1.82, 2.24) is 0 Å². The van der Waals surface area contributed by atoms with E-state index in [-0.39, 0.29) is 28.9 Å². The van der Waals surface area contributed by atoms with E-state index in [1.54, 1.807) is 36.4 Å². The second kappa shape index (κ2) is 15.2. The highest BCUT2D eigenvalue weighted by molar-refractivity contribution is 5.72. The quantitative estimate of drug-likeness (QED) is 0.116. The van der Waals surface area contributed by atoms with E-state index in [2.05, 4.69) is 6.92 Å².